The Balaban J connectivity index is 3.10. The minimum Gasteiger partial charge on any atom is -0.409 e. The lowest BCUT2D eigenvalue weighted by atomic mass is 10.1. The number of halogens is 2. The summed E-state index contributed by atoms with van der Waals surface area (Å²) in [6, 6.07) is 6.32. The van der Waals surface area contributed by atoms with E-state index in [1.807, 2.05) is 0 Å². The summed E-state index contributed by atoms with van der Waals surface area (Å²) in [5.41, 5.74) is 5.56. The number of hydrogen-bond donors (Lipinski definition) is 3. The van der Waals surface area contributed by atoms with Gasteiger partial charge in [-0.3, -0.25) is 0 Å². The summed E-state index contributed by atoms with van der Waals surface area (Å²) in [5, 5.41) is 11.2. The molecule has 0 amide bonds. The zero-order chi connectivity index (χ0) is 13.8. The molecule has 0 saturated carbocycles. The summed E-state index contributed by atoms with van der Waals surface area (Å²) in [6.07, 6.45) is 0. The Morgan fingerprint density at radius 3 is 2.33 bits per heavy atom. The number of benzene rings is 1. The summed E-state index contributed by atoms with van der Waals surface area (Å²) in [5.74, 6) is -4.14. The van der Waals surface area contributed by atoms with E-state index in [4.69, 9.17) is 10.9 Å². The van der Waals surface area contributed by atoms with E-state index in [1.165, 1.54) is 12.1 Å². The first-order valence-corrected chi connectivity index (χ1v) is 6.24. The number of sulfonamides is 1. The number of nitrogens with one attached hydrogen (secondary N) is 1. The normalized spacial score (nSPS) is 14.7. The second-order valence-electron chi connectivity index (χ2n) is 3.29. The molecule has 1 atom stereocenters. The third-order valence-electron chi connectivity index (χ3n) is 2.06. The van der Waals surface area contributed by atoms with Crippen molar-refractivity contribution in [3.05, 3.63) is 35.9 Å². The van der Waals surface area contributed by atoms with Crippen LogP contribution in [-0.2, 0) is 10.0 Å². The highest BCUT2D eigenvalue weighted by molar-refractivity contribution is 7.89. The van der Waals surface area contributed by atoms with E-state index in [-0.39, 0.29) is 5.56 Å². The average molecular weight is 279 g/mol. The summed E-state index contributed by atoms with van der Waals surface area (Å²) in [4.78, 5) is 0. The number of oxime groups is 1. The quantitative estimate of drug-likeness (QED) is 0.318. The molecule has 0 aliphatic carbocycles. The van der Waals surface area contributed by atoms with E-state index in [0.29, 0.717) is 0 Å². The van der Waals surface area contributed by atoms with Crippen molar-refractivity contribution in [3.8, 4) is 0 Å². The first-order valence-electron chi connectivity index (χ1n) is 4.70. The molecular formula is C9H11F2N3O3S. The first kappa shape index (κ1) is 14.3. The molecule has 0 bridgehead atoms. The van der Waals surface area contributed by atoms with Gasteiger partial charge < -0.3 is 10.9 Å². The van der Waals surface area contributed by atoms with Gasteiger partial charge in [0.2, 0.25) is 0 Å². The van der Waals surface area contributed by atoms with Crippen molar-refractivity contribution in [2.24, 2.45) is 10.9 Å². The Hall–Kier alpha value is -1.74. The van der Waals surface area contributed by atoms with Gasteiger partial charge in [0.1, 0.15) is 6.04 Å². The van der Waals surface area contributed by atoms with Crippen LogP contribution in [0.2, 0.25) is 0 Å². The minimum atomic E-state index is -4.86. The monoisotopic (exact) mass is 279 g/mol. The summed E-state index contributed by atoms with van der Waals surface area (Å²) in [7, 11) is -4.86. The number of nitrogens with zero attached hydrogens (tertiary/aromatic N) is 1. The maximum Gasteiger partial charge on any atom is 0.350 e. The number of nitrogens with two attached hydrogens (primary N) is 1. The van der Waals surface area contributed by atoms with Crippen molar-refractivity contribution in [1.82, 2.24) is 4.72 Å². The minimum absolute atomic E-state index is 0.275. The Morgan fingerprint density at radius 2 is 1.89 bits per heavy atom. The summed E-state index contributed by atoms with van der Waals surface area (Å²) in [6.45, 7) is 0. The Labute approximate surface area is 102 Å². The first-order chi connectivity index (χ1) is 8.38. The van der Waals surface area contributed by atoms with Crippen LogP contribution in [0, 0.1) is 0 Å². The number of amidine groups is 1. The molecule has 100 valence electrons. The molecule has 1 unspecified atom stereocenters. The van der Waals surface area contributed by atoms with Crippen molar-refractivity contribution >= 4 is 15.9 Å². The van der Waals surface area contributed by atoms with Crippen LogP contribution in [0.25, 0.3) is 0 Å². The Bertz CT molecular complexity index is 519. The standard InChI is InChI=1S/C9H11F2N3O3S/c10-9(11)18(16,17)14-7(8(12)13-15)6-4-2-1-3-5-6/h1-5,7,9,14-15H,(H2,12,13). The molecule has 4 N–H and O–H groups in total. The van der Waals surface area contributed by atoms with Crippen molar-refractivity contribution in [3.63, 3.8) is 0 Å². The number of alkyl halides is 2. The largest absolute Gasteiger partial charge is 0.409 e. The van der Waals surface area contributed by atoms with Gasteiger partial charge in [0, 0.05) is 0 Å². The van der Waals surface area contributed by atoms with Gasteiger partial charge in [-0.05, 0) is 5.56 Å². The van der Waals surface area contributed by atoms with E-state index in [2.05, 4.69) is 5.16 Å². The predicted molar refractivity (Wildman–Crippen MR) is 60.7 cm³/mol. The lowest BCUT2D eigenvalue weighted by Gasteiger charge is -2.17. The fraction of sp³-hybridized carbons (Fsp3) is 0.222. The van der Waals surface area contributed by atoms with E-state index in [0.717, 1.165) is 0 Å². The molecule has 0 fully saturated rings. The fourth-order valence-electron chi connectivity index (χ4n) is 1.22. The van der Waals surface area contributed by atoms with E-state index in [9.17, 15) is 17.2 Å². The molecule has 18 heavy (non-hydrogen) atoms. The summed E-state index contributed by atoms with van der Waals surface area (Å²) >= 11 is 0. The number of rotatable bonds is 5. The molecule has 9 heteroatoms. The predicted octanol–water partition coefficient (Wildman–Crippen LogP) is 0.616. The molecule has 0 spiro atoms. The fourth-order valence-corrected chi connectivity index (χ4v) is 1.91. The lowest BCUT2D eigenvalue weighted by molar-refractivity contribution is 0.232. The Morgan fingerprint density at radius 1 is 1.33 bits per heavy atom. The van der Waals surface area contributed by atoms with E-state index < -0.39 is 27.7 Å². The average Bonchev–Trinajstić information content (AvgIpc) is 2.36. The highest BCUT2D eigenvalue weighted by Gasteiger charge is 2.30. The lowest BCUT2D eigenvalue weighted by Crippen LogP contribution is -2.40. The molecule has 0 aliphatic heterocycles. The van der Waals surface area contributed by atoms with Crippen LogP contribution in [0.5, 0.6) is 0 Å². The molecule has 0 saturated heterocycles. The highest BCUT2D eigenvalue weighted by atomic mass is 32.2. The molecule has 1 aromatic carbocycles. The number of hydrogen-bond acceptors (Lipinski definition) is 4. The van der Waals surface area contributed by atoms with Gasteiger partial charge in [-0.1, -0.05) is 35.5 Å². The molecular weight excluding hydrogens is 268 g/mol. The van der Waals surface area contributed by atoms with Crippen LogP contribution in [0.1, 0.15) is 11.6 Å². The third-order valence-corrected chi connectivity index (χ3v) is 3.09. The Kier molecular flexibility index (Phi) is 4.56. The molecule has 0 heterocycles. The van der Waals surface area contributed by atoms with E-state index >= 15 is 0 Å². The van der Waals surface area contributed by atoms with Crippen LogP contribution >= 0.6 is 0 Å². The van der Waals surface area contributed by atoms with Crippen LogP contribution in [0.15, 0.2) is 35.5 Å². The molecule has 0 aliphatic rings. The molecule has 0 aromatic heterocycles. The van der Waals surface area contributed by atoms with Crippen molar-refractivity contribution in [2.45, 2.75) is 11.8 Å². The zero-order valence-electron chi connectivity index (χ0n) is 8.99. The van der Waals surface area contributed by atoms with Crippen LogP contribution < -0.4 is 10.5 Å². The van der Waals surface area contributed by atoms with Gasteiger partial charge in [0.05, 0.1) is 0 Å². The van der Waals surface area contributed by atoms with Crippen LogP contribution in [0.3, 0.4) is 0 Å². The van der Waals surface area contributed by atoms with E-state index in [1.54, 1.807) is 22.9 Å². The van der Waals surface area contributed by atoms with Crippen molar-refractivity contribution in [1.29, 1.82) is 0 Å². The van der Waals surface area contributed by atoms with Gasteiger partial charge in [-0.15, -0.1) is 0 Å². The second kappa shape index (κ2) is 5.74. The van der Waals surface area contributed by atoms with Crippen LogP contribution in [-0.4, -0.2) is 25.2 Å². The van der Waals surface area contributed by atoms with Gasteiger partial charge in [0.15, 0.2) is 5.84 Å². The van der Waals surface area contributed by atoms with Gasteiger partial charge in [-0.2, -0.15) is 13.5 Å². The highest BCUT2D eigenvalue weighted by Crippen LogP contribution is 2.16. The van der Waals surface area contributed by atoms with Crippen LogP contribution in [0.4, 0.5) is 8.78 Å². The van der Waals surface area contributed by atoms with Crippen molar-refractivity contribution < 1.29 is 22.4 Å². The van der Waals surface area contributed by atoms with Gasteiger partial charge >= 0.3 is 5.76 Å². The maximum atomic E-state index is 12.3. The topological polar surface area (TPSA) is 105 Å². The third kappa shape index (κ3) is 3.37. The van der Waals surface area contributed by atoms with Crippen molar-refractivity contribution in [2.75, 3.05) is 0 Å². The smallest absolute Gasteiger partial charge is 0.350 e. The molecule has 1 aromatic rings. The second-order valence-corrected chi connectivity index (χ2v) is 4.97. The molecule has 6 nitrogen and oxygen atoms in total. The maximum absolute atomic E-state index is 12.3. The van der Waals surface area contributed by atoms with Gasteiger partial charge in [0.25, 0.3) is 10.0 Å². The SMILES string of the molecule is N/C(=N/O)C(NS(=O)(=O)C(F)F)c1ccccc1. The molecule has 0 radical (unpaired) electrons. The molecule has 1 rings (SSSR count). The summed E-state index contributed by atoms with van der Waals surface area (Å²) < 4.78 is 48.4. The zero-order valence-corrected chi connectivity index (χ0v) is 9.81. The van der Waals surface area contributed by atoms with Gasteiger partial charge in [-0.25, -0.2) is 8.42 Å².